The minimum atomic E-state index is 0.842. The van der Waals surface area contributed by atoms with E-state index in [1.807, 2.05) is 24.4 Å². The molecule has 1 aromatic carbocycles. The van der Waals surface area contributed by atoms with Crippen LogP contribution in [0.4, 0.5) is 0 Å². The highest BCUT2D eigenvalue weighted by Gasteiger charge is 2.19. The van der Waals surface area contributed by atoms with Gasteiger partial charge < -0.3 is 4.90 Å². The number of rotatable bonds is 2. The Morgan fingerprint density at radius 3 is 2.93 bits per heavy atom. The number of thioether (sulfide) groups is 1. The van der Waals surface area contributed by atoms with Gasteiger partial charge in [-0.2, -0.15) is 5.26 Å². The summed E-state index contributed by atoms with van der Waals surface area (Å²) in [5.41, 5.74) is 1.26. The molecule has 1 fully saturated rings. The van der Waals surface area contributed by atoms with Gasteiger partial charge in [-0.25, -0.2) is 0 Å². The third-order valence-electron chi connectivity index (χ3n) is 2.22. The molecule has 0 saturated carbocycles. The second-order valence-corrected chi connectivity index (χ2v) is 4.31. The molecule has 1 aromatic rings. The molecule has 76 valence electrons. The smallest absolute Gasteiger partial charge is 0.208 e. The summed E-state index contributed by atoms with van der Waals surface area (Å²) >= 11 is 1.65. The Hall–Kier alpha value is -1.47. The predicted octanol–water partition coefficient (Wildman–Crippen LogP) is 2.07. The molecule has 0 spiro atoms. The summed E-state index contributed by atoms with van der Waals surface area (Å²) in [6, 6.07) is 10.2. The zero-order valence-electron chi connectivity index (χ0n) is 8.26. The molecule has 15 heavy (non-hydrogen) atoms. The molecule has 4 heteroatoms. The first-order chi connectivity index (χ1) is 7.40. The molecule has 1 heterocycles. The van der Waals surface area contributed by atoms with Crippen LogP contribution in [-0.2, 0) is 6.54 Å². The average molecular weight is 217 g/mol. The topological polar surface area (TPSA) is 39.4 Å². The van der Waals surface area contributed by atoms with Gasteiger partial charge in [-0.15, -0.1) is 4.99 Å². The molecule has 0 bridgehead atoms. The van der Waals surface area contributed by atoms with E-state index in [4.69, 9.17) is 5.26 Å². The first-order valence-electron chi connectivity index (χ1n) is 4.78. The van der Waals surface area contributed by atoms with Crippen LogP contribution in [0.15, 0.2) is 35.3 Å². The minimum Gasteiger partial charge on any atom is -0.345 e. The maximum absolute atomic E-state index is 8.53. The van der Waals surface area contributed by atoms with Crippen molar-refractivity contribution in [2.75, 3.05) is 12.3 Å². The first-order valence-corrected chi connectivity index (χ1v) is 5.77. The number of nitrogens with zero attached hydrogens (tertiary/aromatic N) is 3. The van der Waals surface area contributed by atoms with E-state index in [0.29, 0.717) is 0 Å². The zero-order chi connectivity index (χ0) is 10.5. The van der Waals surface area contributed by atoms with E-state index in [0.717, 1.165) is 24.0 Å². The SMILES string of the molecule is N#CN=C1SCCN1Cc1ccccc1. The second-order valence-electron chi connectivity index (χ2n) is 3.25. The molecule has 0 amide bonds. The lowest BCUT2D eigenvalue weighted by molar-refractivity contribution is 0.457. The Morgan fingerprint density at radius 2 is 2.20 bits per heavy atom. The number of benzene rings is 1. The Balaban J connectivity index is 2.07. The van der Waals surface area contributed by atoms with Crippen LogP contribution in [0.2, 0.25) is 0 Å². The van der Waals surface area contributed by atoms with Gasteiger partial charge in [0.2, 0.25) is 6.19 Å². The van der Waals surface area contributed by atoms with Crippen LogP contribution < -0.4 is 0 Å². The molecular weight excluding hydrogens is 206 g/mol. The van der Waals surface area contributed by atoms with Gasteiger partial charge in [0.15, 0.2) is 5.17 Å². The van der Waals surface area contributed by atoms with E-state index in [-0.39, 0.29) is 0 Å². The molecule has 2 rings (SSSR count). The molecule has 1 saturated heterocycles. The Labute approximate surface area is 93.4 Å². The van der Waals surface area contributed by atoms with Crippen LogP contribution in [0.5, 0.6) is 0 Å². The average Bonchev–Trinajstić information content (AvgIpc) is 2.68. The highest BCUT2D eigenvalue weighted by Crippen LogP contribution is 2.20. The Morgan fingerprint density at radius 1 is 1.40 bits per heavy atom. The fraction of sp³-hybridized carbons (Fsp3) is 0.273. The Bertz CT molecular complexity index is 394. The van der Waals surface area contributed by atoms with Gasteiger partial charge in [0, 0.05) is 18.8 Å². The number of hydrogen-bond donors (Lipinski definition) is 0. The van der Waals surface area contributed by atoms with Crippen molar-refractivity contribution in [2.24, 2.45) is 4.99 Å². The van der Waals surface area contributed by atoms with Crippen molar-refractivity contribution in [1.29, 1.82) is 5.26 Å². The summed E-state index contributed by atoms with van der Waals surface area (Å²) < 4.78 is 0. The van der Waals surface area contributed by atoms with Crippen molar-refractivity contribution in [1.82, 2.24) is 4.90 Å². The van der Waals surface area contributed by atoms with Gasteiger partial charge >= 0.3 is 0 Å². The van der Waals surface area contributed by atoms with Crippen molar-refractivity contribution >= 4 is 16.9 Å². The molecule has 0 radical (unpaired) electrons. The molecule has 1 aliphatic rings. The van der Waals surface area contributed by atoms with Crippen LogP contribution in [0.25, 0.3) is 0 Å². The van der Waals surface area contributed by atoms with Gasteiger partial charge in [-0.1, -0.05) is 42.1 Å². The van der Waals surface area contributed by atoms with E-state index < -0.39 is 0 Å². The van der Waals surface area contributed by atoms with Crippen molar-refractivity contribution in [2.45, 2.75) is 6.54 Å². The fourth-order valence-corrected chi connectivity index (χ4v) is 2.47. The summed E-state index contributed by atoms with van der Waals surface area (Å²) in [4.78, 5) is 5.95. The number of amidine groups is 1. The molecule has 0 N–H and O–H groups in total. The van der Waals surface area contributed by atoms with Gasteiger partial charge in [0.1, 0.15) is 0 Å². The summed E-state index contributed by atoms with van der Waals surface area (Å²) in [5, 5.41) is 9.38. The standard InChI is InChI=1S/C11H11N3S/c12-9-13-11-14(6-7-15-11)8-10-4-2-1-3-5-10/h1-5H,6-8H2. The van der Waals surface area contributed by atoms with Gasteiger partial charge in [-0.3, -0.25) is 0 Å². The predicted molar refractivity (Wildman–Crippen MR) is 62.4 cm³/mol. The van der Waals surface area contributed by atoms with E-state index in [1.54, 1.807) is 11.8 Å². The lowest BCUT2D eigenvalue weighted by atomic mass is 10.2. The summed E-state index contributed by atoms with van der Waals surface area (Å²) in [5.74, 6) is 1.02. The van der Waals surface area contributed by atoms with E-state index in [1.165, 1.54) is 5.56 Å². The van der Waals surface area contributed by atoms with Gasteiger partial charge in [0.05, 0.1) is 0 Å². The zero-order valence-corrected chi connectivity index (χ0v) is 9.07. The monoisotopic (exact) mass is 217 g/mol. The Kier molecular flexibility index (Phi) is 3.25. The number of nitriles is 1. The van der Waals surface area contributed by atoms with Crippen LogP contribution in [-0.4, -0.2) is 22.4 Å². The third kappa shape index (κ3) is 2.51. The van der Waals surface area contributed by atoms with Crippen LogP contribution in [0, 0.1) is 11.5 Å². The summed E-state index contributed by atoms with van der Waals surface area (Å²) in [7, 11) is 0. The van der Waals surface area contributed by atoms with Crippen molar-refractivity contribution in [3.63, 3.8) is 0 Å². The normalized spacial score (nSPS) is 18.1. The highest BCUT2D eigenvalue weighted by molar-refractivity contribution is 8.14. The van der Waals surface area contributed by atoms with Crippen molar-refractivity contribution in [3.8, 4) is 6.19 Å². The first kappa shape index (κ1) is 10.1. The van der Waals surface area contributed by atoms with E-state index >= 15 is 0 Å². The fourth-order valence-electron chi connectivity index (χ4n) is 1.53. The van der Waals surface area contributed by atoms with Gasteiger partial charge in [0.25, 0.3) is 0 Å². The number of aliphatic imine (C=N–C) groups is 1. The van der Waals surface area contributed by atoms with E-state index in [2.05, 4.69) is 22.0 Å². The summed E-state index contributed by atoms with van der Waals surface area (Å²) in [6.07, 6.45) is 1.85. The van der Waals surface area contributed by atoms with Crippen molar-refractivity contribution < 1.29 is 0 Å². The molecule has 3 nitrogen and oxygen atoms in total. The quantitative estimate of drug-likeness (QED) is 0.712. The molecule has 0 aliphatic carbocycles. The van der Waals surface area contributed by atoms with Crippen LogP contribution >= 0.6 is 11.8 Å². The maximum atomic E-state index is 8.53. The van der Waals surface area contributed by atoms with Gasteiger partial charge in [-0.05, 0) is 5.56 Å². The molecule has 0 unspecified atom stereocenters. The van der Waals surface area contributed by atoms with Crippen LogP contribution in [0.3, 0.4) is 0 Å². The summed E-state index contributed by atoms with van der Waals surface area (Å²) in [6.45, 7) is 1.81. The molecule has 0 aromatic heterocycles. The number of hydrogen-bond acceptors (Lipinski definition) is 3. The minimum absolute atomic E-state index is 0.842. The van der Waals surface area contributed by atoms with Crippen LogP contribution in [0.1, 0.15) is 5.56 Å². The largest absolute Gasteiger partial charge is 0.345 e. The van der Waals surface area contributed by atoms with E-state index in [9.17, 15) is 0 Å². The molecular formula is C11H11N3S. The highest BCUT2D eigenvalue weighted by atomic mass is 32.2. The third-order valence-corrected chi connectivity index (χ3v) is 3.22. The van der Waals surface area contributed by atoms with Crippen molar-refractivity contribution in [3.05, 3.63) is 35.9 Å². The molecule has 1 aliphatic heterocycles. The maximum Gasteiger partial charge on any atom is 0.208 e. The molecule has 0 atom stereocenters. The second kappa shape index (κ2) is 4.85. The lowest BCUT2D eigenvalue weighted by Gasteiger charge is -2.16. The lowest BCUT2D eigenvalue weighted by Crippen LogP contribution is -2.23.